The smallest absolute Gasteiger partial charge is 0.146 e. The van der Waals surface area contributed by atoms with Gasteiger partial charge in [-0.1, -0.05) is 17.7 Å². The van der Waals surface area contributed by atoms with Crippen LogP contribution < -0.4 is 10.2 Å². The molecular weight excluding hydrogens is 341 g/mol. The van der Waals surface area contributed by atoms with E-state index in [0.29, 0.717) is 54.4 Å². The third-order valence-corrected chi connectivity index (χ3v) is 4.64. The molecule has 0 atom stereocenters. The number of rotatable bonds is 4. The van der Waals surface area contributed by atoms with Crippen LogP contribution in [0.15, 0.2) is 36.4 Å². The van der Waals surface area contributed by atoms with Gasteiger partial charge < -0.3 is 15.3 Å². The normalized spacial score (nSPS) is 15.0. The zero-order valence-electron chi connectivity index (χ0n) is 13.7. The molecule has 0 radical (unpaired) electrons. The van der Waals surface area contributed by atoms with Crippen molar-refractivity contribution in [2.24, 2.45) is 0 Å². The van der Waals surface area contributed by atoms with Gasteiger partial charge in [0.25, 0.3) is 0 Å². The molecule has 130 valence electrons. The van der Waals surface area contributed by atoms with Crippen LogP contribution in [0.25, 0.3) is 0 Å². The van der Waals surface area contributed by atoms with Crippen molar-refractivity contribution in [1.82, 2.24) is 0 Å². The lowest BCUT2D eigenvalue weighted by Crippen LogP contribution is -2.36. The van der Waals surface area contributed by atoms with E-state index in [1.54, 1.807) is 24.3 Å². The van der Waals surface area contributed by atoms with E-state index in [2.05, 4.69) is 11.4 Å². The van der Waals surface area contributed by atoms with Crippen molar-refractivity contribution in [3.05, 3.63) is 58.4 Å². The van der Waals surface area contributed by atoms with E-state index in [0.717, 1.165) is 5.56 Å². The quantitative estimate of drug-likeness (QED) is 0.868. The zero-order valence-corrected chi connectivity index (χ0v) is 14.4. The Balaban J connectivity index is 1.68. The number of nitriles is 1. The highest BCUT2D eigenvalue weighted by atomic mass is 35.5. The van der Waals surface area contributed by atoms with Crippen molar-refractivity contribution in [1.29, 1.82) is 5.26 Å². The number of aliphatic hydroxyl groups is 1. The Bertz CT molecular complexity index is 798. The Morgan fingerprint density at radius 2 is 2.00 bits per heavy atom. The predicted octanol–water partition coefficient (Wildman–Crippen LogP) is 3.92. The molecule has 0 amide bonds. The predicted molar refractivity (Wildman–Crippen MR) is 97.3 cm³/mol. The summed E-state index contributed by atoms with van der Waals surface area (Å²) in [6.07, 6.45) is 1.04. The van der Waals surface area contributed by atoms with E-state index in [9.17, 15) is 9.50 Å². The van der Waals surface area contributed by atoms with Crippen LogP contribution in [-0.4, -0.2) is 24.3 Å². The molecule has 3 rings (SSSR count). The van der Waals surface area contributed by atoms with Gasteiger partial charge in [0.05, 0.1) is 23.0 Å². The van der Waals surface area contributed by atoms with E-state index in [1.165, 1.54) is 6.07 Å². The number of anilines is 2. The summed E-state index contributed by atoms with van der Waals surface area (Å²) >= 11 is 5.88. The maximum atomic E-state index is 14.5. The van der Waals surface area contributed by atoms with Crippen LogP contribution in [0.4, 0.5) is 15.8 Å². The summed E-state index contributed by atoms with van der Waals surface area (Å²) in [5.41, 5.74) is 2.48. The lowest BCUT2D eigenvalue weighted by atomic mass is 10.1. The second-order valence-corrected chi connectivity index (χ2v) is 6.60. The molecular formula is C19H19ClFN3O. The monoisotopic (exact) mass is 359 g/mol. The van der Waals surface area contributed by atoms with Crippen molar-refractivity contribution < 1.29 is 9.50 Å². The van der Waals surface area contributed by atoms with Crippen molar-refractivity contribution in [2.75, 3.05) is 23.3 Å². The van der Waals surface area contributed by atoms with Gasteiger partial charge in [-0.15, -0.1) is 0 Å². The Hall–Kier alpha value is -2.29. The molecule has 1 aliphatic heterocycles. The van der Waals surface area contributed by atoms with Gasteiger partial charge in [-0.3, -0.25) is 0 Å². The van der Waals surface area contributed by atoms with Crippen molar-refractivity contribution in [2.45, 2.75) is 25.5 Å². The molecule has 0 spiro atoms. The molecule has 4 nitrogen and oxygen atoms in total. The summed E-state index contributed by atoms with van der Waals surface area (Å²) in [5, 5.41) is 22.4. The largest absolute Gasteiger partial charge is 0.393 e. The Morgan fingerprint density at radius 1 is 1.24 bits per heavy atom. The first-order valence-electron chi connectivity index (χ1n) is 8.22. The molecule has 1 aliphatic rings. The molecule has 0 aliphatic carbocycles. The molecule has 0 unspecified atom stereocenters. The molecule has 0 bridgehead atoms. The fraction of sp³-hybridized carbons (Fsp3) is 0.316. The minimum atomic E-state index is -0.281. The van der Waals surface area contributed by atoms with Gasteiger partial charge in [0.2, 0.25) is 0 Å². The number of benzene rings is 2. The Labute approximate surface area is 151 Å². The minimum absolute atomic E-state index is 0.271. The fourth-order valence-electron chi connectivity index (χ4n) is 2.98. The number of aliphatic hydroxyl groups excluding tert-OH is 1. The van der Waals surface area contributed by atoms with E-state index < -0.39 is 0 Å². The standard InChI is InChI=1S/C19H19ClFN3O/c20-15-2-3-18(14(10-15)11-22)23-12-13-1-4-19(17(21)9-13)24-7-5-16(25)6-8-24/h1-4,9-10,16,23,25H,5-8,12H2. The fourth-order valence-corrected chi connectivity index (χ4v) is 3.16. The number of hydrogen-bond donors (Lipinski definition) is 2. The van der Waals surface area contributed by atoms with Gasteiger partial charge in [-0.2, -0.15) is 5.26 Å². The van der Waals surface area contributed by atoms with Crippen LogP contribution in [-0.2, 0) is 6.54 Å². The first-order valence-corrected chi connectivity index (χ1v) is 8.59. The van der Waals surface area contributed by atoms with Gasteiger partial charge in [0, 0.05) is 24.7 Å². The topological polar surface area (TPSA) is 59.3 Å². The van der Waals surface area contributed by atoms with Crippen LogP contribution in [0, 0.1) is 17.1 Å². The summed E-state index contributed by atoms with van der Waals surface area (Å²) in [6, 6.07) is 12.3. The number of piperidine rings is 1. The van der Waals surface area contributed by atoms with Crippen LogP contribution in [0.5, 0.6) is 0 Å². The highest BCUT2D eigenvalue weighted by Gasteiger charge is 2.19. The van der Waals surface area contributed by atoms with Gasteiger partial charge in [-0.05, 0) is 48.7 Å². The van der Waals surface area contributed by atoms with E-state index in [-0.39, 0.29) is 11.9 Å². The highest BCUT2D eigenvalue weighted by Crippen LogP contribution is 2.25. The molecule has 1 fully saturated rings. The maximum Gasteiger partial charge on any atom is 0.146 e. The van der Waals surface area contributed by atoms with E-state index in [4.69, 9.17) is 16.9 Å². The highest BCUT2D eigenvalue weighted by molar-refractivity contribution is 6.30. The lowest BCUT2D eigenvalue weighted by molar-refractivity contribution is 0.145. The molecule has 2 N–H and O–H groups in total. The third kappa shape index (κ3) is 4.22. The van der Waals surface area contributed by atoms with E-state index in [1.807, 2.05) is 11.0 Å². The average molecular weight is 360 g/mol. The Kier molecular flexibility index (Phi) is 5.42. The van der Waals surface area contributed by atoms with Crippen molar-refractivity contribution >= 4 is 23.0 Å². The first-order chi connectivity index (χ1) is 12.1. The SMILES string of the molecule is N#Cc1cc(Cl)ccc1NCc1ccc(N2CCC(O)CC2)c(F)c1. The minimum Gasteiger partial charge on any atom is -0.393 e. The van der Waals surface area contributed by atoms with Crippen molar-refractivity contribution in [3.63, 3.8) is 0 Å². The summed E-state index contributed by atoms with van der Waals surface area (Å²) < 4.78 is 14.5. The molecule has 0 saturated carbocycles. The van der Waals surface area contributed by atoms with Crippen LogP contribution in [0.2, 0.25) is 5.02 Å². The first kappa shape index (κ1) is 17.5. The van der Waals surface area contributed by atoms with E-state index >= 15 is 0 Å². The summed E-state index contributed by atoms with van der Waals surface area (Å²) in [4.78, 5) is 1.96. The van der Waals surface area contributed by atoms with Gasteiger partial charge >= 0.3 is 0 Å². The summed E-state index contributed by atoms with van der Waals surface area (Å²) in [7, 11) is 0. The second-order valence-electron chi connectivity index (χ2n) is 6.16. The second kappa shape index (κ2) is 7.73. The van der Waals surface area contributed by atoms with Crippen LogP contribution >= 0.6 is 11.6 Å². The molecule has 25 heavy (non-hydrogen) atoms. The van der Waals surface area contributed by atoms with Gasteiger partial charge in [0.1, 0.15) is 11.9 Å². The van der Waals surface area contributed by atoms with Crippen molar-refractivity contribution in [3.8, 4) is 6.07 Å². The summed E-state index contributed by atoms with van der Waals surface area (Å²) in [5.74, 6) is -0.271. The lowest BCUT2D eigenvalue weighted by Gasteiger charge is -2.31. The molecule has 1 heterocycles. The number of nitrogens with zero attached hydrogens (tertiary/aromatic N) is 2. The zero-order chi connectivity index (χ0) is 17.8. The molecule has 6 heteroatoms. The number of nitrogens with one attached hydrogen (secondary N) is 1. The number of hydrogen-bond acceptors (Lipinski definition) is 4. The molecule has 1 saturated heterocycles. The third-order valence-electron chi connectivity index (χ3n) is 4.40. The average Bonchev–Trinajstić information content (AvgIpc) is 2.61. The van der Waals surface area contributed by atoms with Crippen LogP contribution in [0.3, 0.4) is 0 Å². The van der Waals surface area contributed by atoms with Gasteiger partial charge in [-0.25, -0.2) is 4.39 Å². The molecule has 2 aromatic carbocycles. The summed E-state index contributed by atoms with van der Waals surface area (Å²) in [6.45, 7) is 1.73. The maximum absolute atomic E-state index is 14.5. The Morgan fingerprint density at radius 3 is 2.68 bits per heavy atom. The molecule has 0 aromatic heterocycles. The van der Waals surface area contributed by atoms with Crippen LogP contribution in [0.1, 0.15) is 24.0 Å². The molecule has 2 aromatic rings. The number of halogens is 2. The van der Waals surface area contributed by atoms with Gasteiger partial charge in [0.15, 0.2) is 0 Å².